The number of aromatic amines is 1. The second kappa shape index (κ2) is 4.48. The quantitative estimate of drug-likeness (QED) is 0.745. The van der Waals surface area contributed by atoms with Gasteiger partial charge < -0.3 is 14.6 Å². The maximum atomic E-state index is 12.1. The lowest BCUT2D eigenvalue weighted by atomic mass is 10.1. The van der Waals surface area contributed by atoms with Gasteiger partial charge in [-0.25, -0.2) is 0 Å². The van der Waals surface area contributed by atoms with Crippen molar-refractivity contribution < 1.29 is 9.63 Å². The van der Waals surface area contributed by atoms with E-state index in [2.05, 4.69) is 15.1 Å². The fourth-order valence-electron chi connectivity index (χ4n) is 2.09. The number of rotatable bonds is 2. The Morgan fingerprint density at radius 1 is 1.40 bits per heavy atom. The lowest BCUT2D eigenvalue weighted by Gasteiger charge is -2.05. The van der Waals surface area contributed by atoms with Crippen molar-refractivity contribution in [2.45, 2.75) is 20.3 Å². The molecule has 3 rings (SSSR count). The Bertz CT molecular complexity index is 848. The molecular weight excluding hydrogens is 258 g/mol. The van der Waals surface area contributed by atoms with Crippen LogP contribution in [0.25, 0.3) is 22.4 Å². The number of pyridine rings is 1. The smallest absolute Gasteiger partial charge is 0.267 e. The van der Waals surface area contributed by atoms with Crippen molar-refractivity contribution in [3.63, 3.8) is 0 Å². The van der Waals surface area contributed by atoms with Gasteiger partial charge in [0.2, 0.25) is 0 Å². The first-order chi connectivity index (χ1) is 9.60. The largest absolute Gasteiger partial charge is 0.506 e. The fraction of sp³-hybridized carbons (Fsp3) is 0.214. The number of benzene rings is 1. The monoisotopic (exact) mass is 271 g/mol. The number of aromatic nitrogens is 3. The zero-order chi connectivity index (χ0) is 14.3. The Morgan fingerprint density at radius 2 is 2.20 bits per heavy atom. The summed E-state index contributed by atoms with van der Waals surface area (Å²) in [6.07, 6.45) is 0.592. The van der Waals surface area contributed by atoms with Crippen molar-refractivity contribution in [1.82, 2.24) is 15.1 Å². The van der Waals surface area contributed by atoms with Gasteiger partial charge in [-0.2, -0.15) is 4.98 Å². The minimum absolute atomic E-state index is 0.00954. The summed E-state index contributed by atoms with van der Waals surface area (Å²) in [5, 5.41) is 14.6. The zero-order valence-electron chi connectivity index (χ0n) is 11.1. The van der Waals surface area contributed by atoms with Crippen molar-refractivity contribution in [2.75, 3.05) is 0 Å². The maximum Gasteiger partial charge on any atom is 0.267 e. The fourth-order valence-corrected chi connectivity index (χ4v) is 2.09. The number of hydrogen-bond donors (Lipinski definition) is 2. The molecular formula is C14H13N3O3. The van der Waals surface area contributed by atoms with E-state index in [-0.39, 0.29) is 17.2 Å². The van der Waals surface area contributed by atoms with E-state index in [1.165, 1.54) is 0 Å². The minimum Gasteiger partial charge on any atom is -0.506 e. The Labute approximate surface area is 114 Å². The van der Waals surface area contributed by atoms with Crippen LogP contribution in [0.1, 0.15) is 18.3 Å². The molecule has 102 valence electrons. The normalized spacial score (nSPS) is 11.1. The highest BCUT2D eigenvalue weighted by atomic mass is 16.5. The third-order valence-corrected chi connectivity index (χ3v) is 3.14. The SMILES string of the molecule is CCc1noc(-c2c(O)c3cc(C)ccc3[nH]c2=O)n1. The van der Waals surface area contributed by atoms with E-state index >= 15 is 0 Å². The number of nitrogens with one attached hydrogen (secondary N) is 1. The highest BCUT2D eigenvalue weighted by Crippen LogP contribution is 2.31. The molecule has 2 N–H and O–H groups in total. The first-order valence-electron chi connectivity index (χ1n) is 6.28. The van der Waals surface area contributed by atoms with Crippen LogP contribution in [0, 0.1) is 6.92 Å². The van der Waals surface area contributed by atoms with E-state index in [9.17, 15) is 9.90 Å². The summed E-state index contributed by atoms with van der Waals surface area (Å²) in [5.74, 6) is 0.380. The van der Waals surface area contributed by atoms with E-state index in [1.54, 1.807) is 12.1 Å². The molecule has 0 unspecified atom stereocenters. The molecule has 0 aliphatic heterocycles. The van der Waals surface area contributed by atoms with Crippen LogP contribution in [-0.4, -0.2) is 20.2 Å². The summed E-state index contributed by atoms with van der Waals surface area (Å²) in [5.41, 5.74) is 1.10. The van der Waals surface area contributed by atoms with Gasteiger partial charge in [0, 0.05) is 11.8 Å². The first-order valence-corrected chi connectivity index (χ1v) is 6.28. The molecule has 0 saturated heterocycles. The van der Waals surface area contributed by atoms with E-state index in [0.717, 1.165) is 5.56 Å². The predicted octanol–water partition coefficient (Wildman–Crippen LogP) is 2.15. The molecule has 0 saturated carbocycles. The summed E-state index contributed by atoms with van der Waals surface area (Å²) < 4.78 is 5.04. The Hall–Kier alpha value is -2.63. The number of H-pyrrole nitrogens is 1. The van der Waals surface area contributed by atoms with Crippen molar-refractivity contribution in [1.29, 1.82) is 0 Å². The summed E-state index contributed by atoms with van der Waals surface area (Å²) in [6, 6.07) is 5.40. The molecule has 2 heterocycles. The Kier molecular flexibility index (Phi) is 2.78. The molecule has 0 fully saturated rings. The summed E-state index contributed by atoms with van der Waals surface area (Å²) in [4.78, 5) is 18.9. The molecule has 0 amide bonds. The average Bonchev–Trinajstić information content (AvgIpc) is 2.88. The van der Waals surface area contributed by atoms with Crippen LogP contribution in [0.2, 0.25) is 0 Å². The summed E-state index contributed by atoms with van der Waals surface area (Å²) in [6.45, 7) is 3.79. The van der Waals surface area contributed by atoms with Gasteiger partial charge in [0.1, 0.15) is 11.3 Å². The van der Waals surface area contributed by atoms with Crippen LogP contribution in [0.5, 0.6) is 5.75 Å². The lowest BCUT2D eigenvalue weighted by molar-refractivity contribution is 0.418. The second-order valence-electron chi connectivity index (χ2n) is 4.60. The van der Waals surface area contributed by atoms with Crippen molar-refractivity contribution >= 4 is 10.9 Å². The van der Waals surface area contributed by atoms with E-state index in [1.807, 2.05) is 19.9 Å². The lowest BCUT2D eigenvalue weighted by Crippen LogP contribution is -2.09. The van der Waals surface area contributed by atoms with Crippen LogP contribution < -0.4 is 5.56 Å². The Balaban J connectivity index is 2.32. The van der Waals surface area contributed by atoms with Gasteiger partial charge in [0.25, 0.3) is 11.4 Å². The first kappa shape index (κ1) is 12.4. The number of aryl methyl sites for hydroxylation is 2. The van der Waals surface area contributed by atoms with Gasteiger partial charge in [0.15, 0.2) is 5.82 Å². The molecule has 0 radical (unpaired) electrons. The Morgan fingerprint density at radius 3 is 2.90 bits per heavy atom. The molecule has 20 heavy (non-hydrogen) atoms. The number of hydrogen-bond acceptors (Lipinski definition) is 5. The third-order valence-electron chi connectivity index (χ3n) is 3.14. The van der Waals surface area contributed by atoms with Crippen molar-refractivity contribution in [2.24, 2.45) is 0 Å². The highest BCUT2D eigenvalue weighted by molar-refractivity contribution is 5.90. The van der Waals surface area contributed by atoms with Gasteiger partial charge in [-0.05, 0) is 19.1 Å². The summed E-state index contributed by atoms with van der Waals surface area (Å²) >= 11 is 0. The van der Waals surface area contributed by atoms with Crippen LogP contribution in [0.4, 0.5) is 0 Å². The molecule has 2 aromatic heterocycles. The molecule has 3 aromatic rings. The number of fused-ring (bicyclic) bond motifs is 1. The van der Waals surface area contributed by atoms with Crippen LogP contribution in [0.15, 0.2) is 27.5 Å². The maximum absolute atomic E-state index is 12.1. The molecule has 0 bridgehead atoms. The van der Waals surface area contributed by atoms with Gasteiger partial charge in [-0.15, -0.1) is 0 Å². The van der Waals surface area contributed by atoms with E-state index < -0.39 is 5.56 Å². The zero-order valence-corrected chi connectivity index (χ0v) is 11.1. The third kappa shape index (κ3) is 1.85. The van der Waals surface area contributed by atoms with Crippen molar-refractivity contribution in [3.8, 4) is 17.2 Å². The number of aromatic hydroxyl groups is 1. The van der Waals surface area contributed by atoms with Crippen LogP contribution in [-0.2, 0) is 6.42 Å². The van der Waals surface area contributed by atoms with E-state index in [4.69, 9.17) is 4.52 Å². The molecule has 0 atom stereocenters. The van der Waals surface area contributed by atoms with Crippen LogP contribution >= 0.6 is 0 Å². The second-order valence-corrected chi connectivity index (χ2v) is 4.60. The van der Waals surface area contributed by atoms with Gasteiger partial charge in [-0.1, -0.05) is 23.7 Å². The molecule has 6 nitrogen and oxygen atoms in total. The molecule has 0 aliphatic rings. The average molecular weight is 271 g/mol. The predicted molar refractivity (Wildman–Crippen MR) is 73.6 cm³/mol. The van der Waals surface area contributed by atoms with Crippen LogP contribution in [0.3, 0.4) is 0 Å². The molecule has 0 aliphatic carbocycles. The molecule has 6 heteroatoms. The molecule has 1 aromatic carbocycles. The standard InChI is InChI=1S/C14H13N3O3/c1-3-10-16-14(20-17-10)11-12(18)8-6-7(2)4-5-9(8)15-13(11)19/h4-6H,3H2,1-2H3,(H2,15,18,19). The summed E-state index contributed by atoms with van der Waals surface area (Å²) in [7, 11) is 0. The molecule has 0 spiro atoms. The van der Waals surface area contributed by atoms with E-state index in [0.29, 0.717) is 23.1 Å². The van der Waals surface area contributed by atoms with Gasteiger partial charge in [0.05, 0.1) is 5.52 Å². The topological polar surface area (TPSA) is 92.0 Å². The van der Waals surface area contributed by atoms with Gasteiger partial charge >= 0.3 is 0 Å². The minimum atomic E-state index is -0.454. The highest BCUT2D eigenvalue weighted by Gasteiger charge is 2.19. The van der Waals surface area contributed by atoms with Gasteiger partial charge in [-0.3, -0.25) is 4.79 Å². The van der Waals surface area contributed by atoms with Crippen molar-refractivity contribution in [3.05, 3.63) is 39.9 Å². The number of nitrogens with zero attached hydrogens (tertiary/aromatic N) is 2.